The molecule has 0 radical (unpaired) electrons. The van der Waals surface area contributed by atoms with E-state index in [4.69, 9.17) is 21.1 Å². The second-order valence-corrected chi connectivity index (χ2v) is 5.66. The molecule has 1 saturated heterocycles. The minimum absolute atomic E-state index is 0.0973. The van der Waals surface area contributed by atoms with E-state index in [1.165, 1.54) is 19.3 Å². The fourth-order valence-corrected chi connectivity index (χ4v) is 3.35. The zero-order chi connectivity index (χ0) is 12.1. The van der Waals surface area contributed by atoms with Gasteiger partial charge in [-0.2, -0.15) is 0 Å². The lowest BCUT2D eigenvalue weighted by atomic mass is 9.86. The maximum Gasteiger partial charge on any atom is 0.0586 e. The fraction of sp³-hybridized carbons (Fsp3) is 1.00. The van der Waals surface area contributed by atoms with Crippen LogP contribution in [0, 0.1) is 0 Å². The van der Waals surface area contributed by atoms with Crippen molar-refractivity contribution in [2.45, 2.75) is 56.2 Å². The number of hydrogen-bond donors (Lipinski definition) is 1. The van der Waals surface area contributed by atoms with Crippen LogP contribution in [0.2, 0.25) is 0 Å². The molecule has 0 aromatic rings. The molecule has 0 aromatic heterocycles. The van der Waals surface area contributed by atoms with Crippen LogP contribution in [0.15, 0.2) is 0 Å². The van der Waals surface area contributed by atoms with Crippen molar-refractivity contribution in [3.05, 3.63) is 0 Å². The maximum atomic E-state index is 6.18. The van der Waals surface area contributed by atoms with Gasteiger partial charge in [0, 0.05) is 37.8 Å². The van der Waals surface area contributed by atoms with E-state index < -0.39 is 0 Å². The van der Waals surface area contributed by atoms with Gasteiger partial charge in [-0.1, -0.05) is 0 Å². The molecular weight excluding hydrogens is 238 g/mol. The highest BCUT2D eigenvalue weighted by Crippen LogP contribution is 2.27. The first kappa shape index (κ1) is 13.6. The standard InChI is InChI=1S/C13H24ClNO2/c1-16-12-4-2-3-11(9-12)15-13(10-14)5-7-17-8-6-13/h11-12,15H,2-10H2,1H3. The summed E-state index contributed by atoms with van der Waals surface area (Å²) in [6.45, 7) is 1.67. The monoisotopic (exact) mass is 261 g/mol. The lowest BCUT2D eigenvalue weighted by molar-refractivity contribution is 0.0229. The van der Waals surface area contributed by atoms with Crippen LogP contribution in [0.1, 0.15) is 38.5 Å². The van der Waals surface area contributed by atoms with Gasteiger partial charge in [-0.15, -0.1) is 11.6 Å². The van der Waals surface area contributed by atoms with E-state index in [1.807, 2.05) is 7.11 Å². The van der Waals surface area contributed by atoms with E-state index in [2.05, 4.69) is 5.32 Å². The lowest BCUT2D eigenvalue weighted by Crippen LogP contribution is -2.56. The summed E-state index contributed by atoms with van der Waals surface area (Å²) in [6, 6.07) is 0.561. The normalized spacial score (nSPS) is 33.5. The molecule has 4 heteroatoms. The molecule has 17 heavy (non-hydrogen) atoms. The predicted molar refractivity (Wildman–Crippen MR) is 69.7 cm³/mol. The van der Waals surface area contributed by atoms with Crippen molar-refractivity contribution in [2.75, 3.05) is 26.2 Å². The zero-order valence-electron chi connectivity index (χ0n) is 10.7. The van der Waals surface area contributed by atoms with Gasteiger partial charge in [0.2, 0.25) is 0 Å². The number of alkyl halides is 1. The Morgan fingerprint density at radius 2 is 2.12 bits per heavy atom. The van der Waals surface area contributed by atoms with Gasteiger partial charge in [0.05, 0.1) is 6.10 Å². The van der Waals surface area contributed by atoms with Crippen molar-refractivity contribution in [3.8, 4) is 0 Å². The summed E-state index contributed by atoms with van der Waals surface area (Å²) >= 11 is 6.18. The molecule has 1 saturated carbocycles. The van der Waals surface area contributed by atoms with Gasteiger partial charge in [-0.3, -0.25) is 0 Å². The topological polar surface area (TPSA) is 30.5 Å². The molecule has 2 aliphatic rings. The van der Waals surface area contributed by atoms with Crippen LogP contribution in [-0.4, -0.2) is 43.9 Å². The second-order valence-electron chi connectivity index (χ2n) is 5.39. The molecule has 100 valence electrons. The SMILES string of the molecule is COC1CCCC(NC2(CCl)CCOCC2)C1. The molecule has 2 unspecified atom stereocenters. The molecule has 0 spiro atoms. The molecule has 0 bridgehead atoms. The van der Waals surface area contributed by atoms with Crippen molar-refractivity contribution in [1.29, 1.82) is 0 Å². The molecule has 1 aliphatic carbocycles. The molecule has 2 rings (SSSR count). The fourth-order valence-electron chi connectivity index (χ4n) is 3.00. The Morgan fingerprint density at radius 3 is 2.76 bits per heavy atom. The summed E-state index contributed by atoms with van der Waals surface area (Å²) in [7, 11) is 1.82. The molecule has 0 aromatic carbocycles. The summed E-state index contributed by atoms with van der Waals surface area (Å²) in [4.78, 5) is 0. The third-order valence-corrected chi connectivity index (χ3v) is 4.69. The first-order valence-corrected chi connectivity index (χ1v) is 7.26. The van der Waals surface area contributed by atoms with Crippen LogP contribution >= 0.6 is 11.6 Å². The zero-order valence-corrected chi connectivity index (χ0v) is 11.5. The third kappa shape index (κ3) is 3.57. The lowest BCUT2D eigenvalue weighted by Gasteiger charge is -2.41. The highest BCUT2D eigenvalue weighted by atomic mass is 35.5. The number of methoxy groups -OCH3 is 1. The van der Waals surface area contributed by atoms with Gasteiger partial charge in [-0.25, -0.2) is 0 Å². The largest absolute Gasteiger partial charge is 0.381 e. The van der Waals surface area contributed by atoms with Gasteiger partial charge in [0.25, 0.3) is 0 Å². The Morgan fingerprint density at radius 1 is 1.35 bits per heavy atom. The van der Waals surface area contributed by atoms with Crippen LogP contribution in [0.5, 0.6) is 0 Å². The van der Waals surface area contributed by atoms with Crippen molar-refractivity contribution in [1.82, 2.24) is 5.32 Å². The minimum Gasteiger partial charge on any atom is -0.381 e. The minimum atomic E-state index is 0.0973. The Balaban J connectivity index is 1.88. The van der Waals surface area contributed by atoms with Crippen LogP contribution in [0.25, 0.3) is 0 Å². The van der Waals surface area contributed by atoms with E-state index in [0.29, 0.717) is 18.0 Å². The highest BCUT2D eigenvalue weighted by Gasteiger charge is 2.35. The Hall–Kier alpha value is 0.170. The van der Waals surface area contributed by atoms with Crippen LogP contribution in [-0.2, 0) is 9.47 Å². The van der Waals surface area contributed by atoms with E-state index in [9.17, 15) is 0 Å². The average molecular weight is 262 g/mol. The number of hydrogen-bond acceptors (Lipinski definition) is 3. The molecular formula is C13H24ClNO2. The van der Waals surface area contributed by atoms with Crippen LogP contribution in [0.4, 0.5) is 0 Å². The Kier molecular flexibility index (Phi) is 5.10. The Bertz CT molecular complexity index is 231. The molecule has 0 amide bonds. The number of nitrogens with one attached hydrogen (secondary N) is 1. The quantitative estimate of drug-likeness (QED) is 0.788. The third-order valence-electron chi connectivity index (χ3n) is 4.18. The van der Waals surface area contributed by atoms with E-state index >= 15 is 0 Å². The molecule has 1 heterocycles. The van der Waals surface area contributed by atoms with Crippen molar-refractivity contribution < 1.29 is 9.47 Å². The second kappa shape index (κ2) is 6.37. The molecule has 2 atom stereocenters. The summed E-state index contributed by atoms with van der Waals surface area (Å²) in [5.41, 5.74) is 0.0973. The van der Waals surface area contributed by atoms with Crippen molar-refractivity contribution in [3.63, 3.8) is 0 Å². The van der Waals surface area contributed by atoms with E-state index in [1.54, 1.807) is 0 Å². The molecule has 1 N–H and O–H groups in total. The summed E-state index contributed by atoms with van der Waals surface area (Å²) in [5.74, 6) is 0.685. The average Bonchev–Trinajstić information content (AvgIpc) is 2.40. The van der Waals surface area contributed by atoms with Gasteiger partial charge >= 0.3 is 0 Å². The number of rotatable bonds is 4. The summed E-state index contributed by atoms with van der Waals surface area (Å²) in [6.07, 6.45) is 7.31. The summed E-state index contributed by atoms with van der Waals surface area (Å²) in [5, 5.41) is 3.79. The van der Waals surface area contributed by atoms with Crippen LogP contribution in [0.3, 0.4) is 0 Å². The first-order valence-electron chi connectivity index (χ1n) is 6.72. The van der Waals surface area contributed by atoms with Crippen LogP contribution < -0.4 is 5.32 Å². The number of ether oxygens (including phenoxy) is 2. The molecule has 1 aliphatic heterocycles. The predicted octanol–water partition coefficient (Wildman–Crippen LogP) is 2.32. The highest BCUT2D eigenvalue weighted by molar-refractivity contribution is 6.18. The van der Waals surface area contributed by atoms with Crippen molar-refractivity contribution >= 4 is 11.6 Å². The Labute approximate surface area is 109 Å². The number of halogens is 1. The van der Waals surface area contributed by atoms with Gasteiger partial charge in [0.15, 0.2) is 0 Å². The first-order chi connectivity index (χ1) is 8.28. The maximum absolute atomic E-state index is 6.18. The van der Waals surface area contributed by atoms with Gasteiger partial charge in [0.1, 0.15) is 0 Å². The van der Waals surface area contributed by atoms with E-state index in [0.717, 1.165) is 32.5 Å². The molecule has 2 fully saturated rings. The smallest absolute Gasteiger partial charge is 0.0586 e. The van der Waals surface area contributed by atoms with Crippen molar-refractivity contribution in [2.24, 2.45) is 0 Å². The van der Waals surface area contributed by atoms with Gasteiger partial charge in [-0.05, 0) is 38.5 Å². The summed E-state index contributed by atoms with van der Waals surface area (Å²) < 4.78 is 10.9. The molecule has 3 nitrogen and oxygen atoms in total. The van der Waals surface area contributed by atoms with E-state index in [-0.39, 0.29) is 5.54 Å². The van der Waals surface area contributed by atoms with Gasteiger partial charge < -0.3 is 14.8 Å².